The summed E-state index contributed by atoms with van der Waals surface area (Å²) in [6.07, 6.45) is 0.886. The lowest BCUT2D eigenvalue weighted by atomic mass is 10.1. The first-order valence-electron chi connectivity index (χ1n) is 5.98. The standard InChI is InChI=1S/C13H20N2O3/c1-5-13(2,3)18-9-10-8-11(15(16)17)6-7-12(10)14-4/h6-8,14H,5,9H2,1-4H3. The summed E-state index contributed by atoms with van der Waals surface area (Å²) in [6, 6.07) is 4.74. The third-order valence-electron chi connectivity index (χ3n) is 3.04. The Hall–Kier alpha value is -1.62. The number of anilines is 1. The topological polar surface area (TPSA) is 64.4 Å². The lowest BCUT2D eigenvalue weighted by molar-refractivity contribution is -0.384. The van der Waals surface area contributed by atoms with E-state index >= 15 is 0 Å². The molecule has 0 radical (unpaired) electrons. The van der Waals surface area contributed by atoms with Crippen LogP contribution in [0.2, 0.25) is 0 Å². The first-order chi connectivity index (χ1) is 8.39. The van der Waals surface area contributed by atoms with Gasteiger partial charge in [-0.2, -0.15) is 0 Å². The SMILES string of the molecule is CCC(C)(C)OCc1cc([N+](=O)[O-])ccc1NC. The van der Waals surface area contributed by atoms with Crippen molar-refractivity contribution in [2.45, 2.75) is 39.4 Å². The normalized spacial score (nSPS) is 11.3. The summed E-state index contributed by atoms with van der Waals surface area (Å²) in [5, 5.41) is 13.8. The van der Waals surface area contributed by atoms with E-state index in [9.17, 15) is 10.1 Å². The molecule has 0 unspecified atom stereocenters. The molecule has 0 amide bonds. The monoisotopic (exact) mass is 252 g/mol. The van der Waals surface area contributed by atoms with Crippen LogP contribution >= 0.6 is 0 Å². The van der Waals surface area contributed by atoms with Crippen LogP contribution in [0.5, 0.6) is 0 Å². The van der Waals surface area contributed by atoms with E-state index in [1.54, 1.807) is 19.2 Å². The van der Waals surface area contributed by atoms with Crippen molar-refractivity contribution in [3.8, 4) is 0 Å². The van der Waals surface area contributed by atoms with Crippen molar-refractivity contribution >= 4 is 11.4 Å². The molecule has 1 aromatic rings. The molecule has 0 fully saturated rings. The summed E-state index contributed by atoms with van der Waals surface area (Å²) in [6.45, 7) is 6.41. The van der Waals surface area contributed by atoms with E-state index in [0.29, 0.717) is 6.61 Å². The summed E-state index contributed by atoms with van der Waals surface area (Å²) < 4.78 is 5.78. The number of benzene rings is 1. The quantitative estimate of drug-likeness (QED) is 0.623. The molecule has 5 nitrogen and oxygen atoms in total. The summed E-state index contributed by atoms with van der Waals surface area (Å²) in [5.41, 5.74) is 1.51. The summed E-state index contributed by atoms with van der Waals surface area (Å²) in [5.74, 6) is 0. The van der Waals surface area contributed by atoms with Crippen LogP contribution in [0.25, 0.3) is 0 Å². The maximum atomic E-state index is 10.8. The number of non-ortho nitro benzene ring substituents is 1. The molecule has 0 aliphatic heterocycles. The zero-order valence-corrected chi connectivity index (χ0v) is 11.3. The highest BCUT2D eigenvalue weighted by Gasteiger charge is 2.17. The lowest BCUT2D eigenvalue weighted by Gasteiger charge is -2.24. The number of ether oxygens (including phenoxy) is 1. The second-order valence-electron chi connectivity index (χ2n) is 4.75. The van der Waals surface area contributed by atoms with Gasteiger partial charge in [-0.3, -0.25) is 10.1 Å². The van der Waals surface area contributed by atoms with E-state index in [0.717, 1.165) is 17.7 Å². The zero-order valence-electron chi connectivity index (χ0n) is 11.3. The van der Waals surface area contributed by atoms with Gasteiger partial charge in [0.05, 0.1) is 17.1 Å². The number of nitrogens with zero attached hydrogens (tertiary/aromatic N) is 1. The lowest BCUT2D eigenvalue weighted by Crippen LogP contribution is -2.22. The fourth-order valence-corrected chi connectivity index (χ4v) is 1.43. The third kappa shape index (κ3) is 3.70. The molecule has 100 valence electrons. The minimum atomic E-state index is -0.395. The van der Waals surface area contributed by atoms with Crippen LogP contribution in [0.4, 0.5) is 11.4 Å². The predicted octanol–water partition coefficient (Wildman–Crippen LogP) is 3.34. The second-order valence-corrected chi connectivity index (χ2v) is 4.75. The Labute approximate surface area is 107 Å². The van der Waals surface area contributed by atoms with Crippen molar-refractivity contribution in [3.05, 3.63) is 33.9 Å². The Morgan fingerprint density at radius 2 is 2.11 bits per heavy atom. The highest BCUT2D eigenvalue weighted by Crippen LogP contribution is 2.25. The van der Waals surface area contributed by atoms with Gasteiger partial charge < -0.3 is 10.1 Å². The van der Waals surface area contributed by atoms with E-state index in [-0.39, 0.29) is 11.3 Å². The van der Waals surface area contributed by atoms with Crippen LogP contribution in [0.3, 0.4) is 0 Å². The molecule has 18 heavy (non-hydrogen) atoms. The molecule has 0 aliphatic rings. The summed E-state index contributed by atoms with van der Waals surface area (Å²) in [7, 11) is 1.79. The maximum absolute atomic E-state index is 10.8. The van der Waals surface area contributed by atoms with Gasteiger partial charge in [0.25, 0.3) is 5.69 Å². The van der Waals surface area contributed by atoms with Crippen LogP contribution in [-0.4, -0.2) is 17.6 Å². The van der Waals surface area contributed by atoms with Crippen molar-refractivity contribution in [3.63, 3.8) is 0 Å². The zero-order chi connectivity index (χ0) is 13.8. The van der Waals surface area contributed by atoms with E-state index < -0.39 is 4.92 Å². The molecule has 0 aliphatic carbocycles. The Bertz CT molecular complexity index is 430. The van der Waals surface area contributed by atoms with E-state index in [1.807, 2.05) is 20.8 Å². The van der Waals surface area contributed by atoms with Crippen LogP contribution < -0.4 is 5.32 Å². The molecule has 1 N–H and O–H groups in total. The molecule has 0 aromatic heterocycles. The van der Waals surface area contributed by atoms with Gasteiger partial charge in [0.1, 0.15) is 0 Å². The molecule has 0 heterocycles. The largest absolute Gasteiger partial charge is 0.388 e. The van der Waals surface area contributed by atoms with Crippen LogP contribution in [0.15, 0.2) is 18.2 Å². The van der Waals surface area contributed by atoms with Crippen molar-refractivity contribution in [2.75, 3.05) is 12.4 Å². The van der Waals surface area contributed by atoms with Gasteiger partial charge in [-0.1, -0.05) is 6.92 Å². The minimum Gasteiger partial charge on any atom is -0.388 e. The van der Waals surface area contributed by atoms with Crippen LogP contribution in [-0.2, 0) is 11.3 Å². The molecule has 1 rings (SSSR count). The highest BCUT2D eigenvalue weighted by atomic mass is 16.6. The van der Waals surface area contributed by atoms with Gasteiger partial charge in [0.2, 0.25) is 0 Å². The smallest absolute Gasteiger partial charge is 0.269 e. The van der Waals surface area contributed by atoms with Gasteiger partial charge in [-0.25, -0.2) is 0 Å². The number of hydrogen-bond donors (Lipinski definition) is 1. The van der Waals surface area contributed by atoms with Gasteiger partial charge in [0.15, 0.2) is 0 Å². The van der Waals surface area contributed by atoms with Gasteiger partial charge >= 0.3 is 0 Å². The maximum Gasteiger partial charge on any atom is 0.269 e. The average molecular weight is 252 g/mol. The Morgan fingerprint density at radius 3 is 2.61 bits per heavy atom. The highest BCUT2D eigenvalue weighted by molar-refractivity contribution is 5.55. The average Bonchev–Trinajstić information content (AvgIpc) is 2.36. The minimum absolute atomic E-state index is 0.0851. The number of hydrogen-bond acceptors (Lipinski definition) is 4. The van der Waals surface area contributed by atoms with Crippen molar-refractivity contribution < 1.29 is 9.66 Å². The number of nitrogens with one attached hydrogen (secondary N) is 1. The van der Waals surface area contributed by atoms with E-state index in [2.05, 4.69) is 5.32 Å². The fourth-order valence-electron chi connectivity index (χ4n) is 1.43. The Morgan fingerprint density at radius 1 is 1.44 bits per heavy atom. The first kappa shape index (κ1) is 14.4. The second kappa shape index (κ2) is 5.82. The summed E-state index contributed by atoms with van der Waals surface area (Å²) >= 11 is 0. The van der Waals surface area contributed by atoms with Gasteiger partial charge in [-0.15, -0.1) is 0 Å². The number of nitro benzene ring substituents is 1. The van der Waals surface area contributed by atoms with Crippen molar-refractivity contribution in [1.29, 1.82) is 0 Å². The fraction of sp³-hybridized carbons (Fsp3) is 0.538. The Kier molecular flexibility index (Phi) is 4.67. The van der Waals surface area contributed by atoms with Crippen LogP contribution in [0, 0.1) is 10.1 Å². The molecule has 0 atom stereocenters. The van der Waals surface area contributed by atoms with Crippen molar-refractivity contribution in [1.82, 2.24) is 0 Å². The molecular weight excluding hydrogens is 232 g/mol. The molecule has 1 aromatic carbocycles. The number of rotatable bonds is 6. The van der Waals surface area contributed by atoms with Gasteiger partial charge in [0, 0.05) is 30.4 Å². The van der Waals surface area contributed by atoms with E-state index in [1.165, 1.54) is 6.07 Å². The molecular formula is C13H20N2O3. The molecule has 0 bridgehead atoms. The summed E-state index contributed by atoms with van der Waals surface area (Å²) in [4.78, 5) is 10.4. The molecule has 0 spiro atoms. The predicted molar refractivity (Wildman–Crippen MR) is 71.8 cm³/mol. The molecule has 0 saturated heterocycles. The molecule has 5 heteroatoms. The third-order valence-corrected chi connectivity index (χ3v) is 3.04. The van der Waals surface area contributed by atoms with Crippen molar-refractivity contribution in [2.24, 2.45) is 0 Å². The van der Waals surface area contributed by atoms with E-state index in [4.69, 9.17) is 4.74 Å². The van der Waals surface area contributed by atoms with Crippen LogP contribution in [0.1, 0.15) is 32.8 Å². The molecule has 0 saturated carbocycles. The van der Waals surface area contributed by atoms with Gasteiger partial charge in [-0.05, 0) is 26.3 Å². The first-order valence-corrected chi connectivity index (χ1v) is 5.98. The Balaban J connectivity index is 2.91. The number of nitro groups is 1.